The third-order valence-corrected chi connectivity index (χ3v) is 2.29. The van der Waals surface area contributed by atoms with Gasteiger partial charge in [-0.25, -0.2) is 15.8 Å². The molecule has 0 atom stereocenters. The number of nitrogens with two attached hydrogens (primary N) is 1. The molecule has 0 unspecified atom stereocenters. The average Bonchev–Trinajstić information content (AvgIpc) is 2.67. The van der Waals surface area contributed by atoms with Crippen LogP contribution in [-0.2, 0) is 0 Å². The quantitative estimate of drug-likeness (QED) is 0.461. The molecule has 0 saturated heterocycles. The summed E-state index contributed by atoms with van der Waals surface area (Å²) in [5.41, 5.74) is 4.62. The Bertz CT molecular complexity index is 631. The summed E-state index contributed by atoms with van der Waals surface area (Å²) in [5, 5.41) is 0.964. The number of fused-ring (bicyclic) bond motifs is 3. The molecule has 5 heteroatoms. The van der Waals surface area contributed by atoms with Crippen LogP contribution in [0.4, 0.5) is 5.82 Å². The van der Waals surface area contributed by atoms with E-state index in [1.807, 2.05) is 24.3 Å². The second-order valence-electron chi connectivity index (χ2n) is 3.14. The number of hydrogen-bond donors (Lipinski definition) is 2. The zero-order valence-corrected chi connectivity index (χ0v) is 7.77. The van der Waals surface area contributed by atoms with E-state index < -0.39 is 0 Å². The molecule has 3 aromatic rings. The molecule has 5 nitrogen and oxygen atoms in total. The highest BCUT2D eigenvalue weighted by Gasteiger charge is 2.11. The van der Waals surface area contributed by atoms with Gasteiger partial charge in [0.1, 0.15) is 17.4 Å². The van der Waals surface area contributed by atoms with Crippen molar-refractivity contribution in [2.24, 2.45) is 5.84 Å². The smallest absolute Gasteiger partial charge is 0.197 e. The molecular formula is C10H8N4O. The Labute approximate surface area is 84.9 Å². The first-order valence-electron chi connectivity index (χ1n) is 4.49. The minimum Gasteiger partial charge on any atom is -0.450 e. The van der Waals surface area contributed by atoms with Gasteiger partial charge >= 0.3 is 0 Å². The van der Waals surface area contributed by atoms with E-state index in [0.717, 1.165) is 16.5 Å². The molecule has 0 saturated carbocycles. The number of hydrogen-bond acceptors (Lipinski definition) is 5. The van der Waals surface area contributed by atoms with Gasteiger partial charge in [-0.2, -0.15) is 0 Å². The van der Waals surface area contributed by atoms with Gasteiger partial charge < -0.3 is 9.84 Å². The third kappa shape index (κ3) is 1.07. The zero-order valence-electron chi connectivity index (χ0n) is 7.77. The number of nitrogens with one attached hydrogen (secondary N) is 1. The summed E-state index contributed by atoms with van der Waals surface area (Å²) >= 11 is 0. The Morgan fingerprint density at radius 3 is 2.93 bits per heavy atom. The standard InChI is InChI=1S/C10H8N4O/c11-14-10-9-8(12-5-13-10)6-3-1-2-4-7(6)15-9/h1-5H,11H2,(H,12,13,14). The fraction of sp³-hybridized carbons (Fsp3) is 0. The van der Waals surface area contributed by atoms with Crippen molar-refractivity contribution in [2.45, 2.75) is 0 Å². The Morgan fingerprint density at radius 1 is 1.20 bits per heavy atom. The number of benzene rings is 1. The van der Waals surface area contributed by atoms with E-state index in [0.29, 0.717) is 11.4 Å². The summed E-state index contributed by atoms with van der Waals surface area (Å²) in [6.07, 6.45) is 1.46. The highest BCUT2D eigenvalue weighted by molar-refractivity contribution is 6.05. The Hall–Kier alpha value is -2.14. The minimum atomic E-state index is 0.496. The largest absolute Gasteiger partial charge is 0.450 e. The van der Waals surface area contributed by atoms with Crippen LogP contribution < -0.4 is 11.3 Å². The SMILES string of the molecule is NNc1ncnc2c1oc1ccccc12. The van der Waals surface area contributed by atoms with Crippen LogP contribution in [0.2, 0.25) is 0 Å². The molecule has 2 heterocycles. The molecular weight excluding hydrogens is 192 g/mol. The molecule has 0 spiro atoms. The third-order valence-electron chi connectivity index (χ3n) is 2.29. The lowest BCUT2D eigenvalue weighted by Crippen LogP contribution is -2.08. The van der Waals surface area contributed by atoms with Gasteiger partial charge in [0, 0.05) is 5.39 Å². The maximum atomic E-state index is 5.61. The van der Waals surface area contributed by atoms with E-state index in [1.165, 1.54) is 6.33 Å². The van der Waals surface area contributed by atoms with E-state index in [9.17, 15) is 0 Å². The number of nitrogen functional groups attached to an aromatic ring is 1. The van der Waals surface area contributed by atoms with Crippen LogP contribution >= 0.6 is 0 Å². The van der Waals surface area contributed by atoms with Crippen molar-refractivity contribution >= 4 is 27.9 Å². The minimum absolute atomic E-state index is 0.496. The van der Waals surface area contributed by atoms with Gasteiger partial charge in [0.2, 0.25) is 0 Å². The zero-order chi connectivity index (χ0) is 10.3. The van der Waals surface area contributed by atoms with Crippen molar-refractivity contribution in [1.82, 2.24) is 9.97 Å². The highest BCUT2D eigenvalue weighted by atomic mass is 16.3. The lowest BCUT2D eigenvalue weighted by molar-refractivity contribution is 0.667. The highest BCUT2D eigenvalue weighted by Crippen LogP contribution is 2.29. The molecule has 0 fully saturated rings. The van der Waals surface area contributed by atoms with E-state index >= 15 is 0 Å². The molecule has 0 aliphatic rings. The second-order valence-corrected chi connectivity index (χ2v) is 3.14. The van der Waals surface area contributed by atoms with Crippen LogP contribution in [0.1, 0.15) is 0 Å². The maximum Gasteiger partial charge on any atom is 0.197 e. The van der Waals surface area contributed by atoms with Gasteiger partial charge in [-0.3, -0.25) is 0 Å². The van der Waals surface area contributed by atoms with Gasteiger partial charge in [0.15, 0.2) is 11.4 Å². The predicted octanol–water partition coefficient (Wildman–Crippen LogP) is 1.66. The van der Waals surface area contributed by atoms with Crippen LogP contribution in [-0.4, -0.2) is 9.97 Å². The van der Waals surface area contributed by atoms with E-state index in [4.69, 9.17) is 10.3 Å². The van der Waals surface area contributed by atoms with E-state index in [2.05, 4.69) is 15.4 Å². The molecule has 3 rings (SSSR count). The summed E-state index contributed by atoms with van der Waals surface area (Å²) < 4.78 is 5.61. The number of hydrazine groups is 1. The summed E-state index contributed by atoms with van der Waals surface area (Å²) in [5.74, 6) is 5.83. The van der Waals surface area contributed by atoms with Crippen molar-refractivity contribution < 1.29 is 4.42 Å². The van der Waals surface area contributed by atoms with Crippen LogP contribution in [0.25, 0.3) is 22.1 Å². The van der Waals surface area contributed by atoms with Crippen LogP contribution in [0.15, 0.2) is 35.0 Å². The molecule has 0 bridgehead atoms. The maximum absolute atomic E-state index is 5.61. The van der Waals surface area contributed by atoms with Crippen molar-refractivity contribution in [2.75, 3.05) is 5.43 Å². The molecule has 0 radical (unpaired) electrons. The molecule has 1 aromatic carbocycles. The van der Waals surface area contributed by atoms with Crippen molar-refractivity contribution in [3.05, 3.63) is 30.6 Å². The molecule has 3 N–H and O–H groups in total. The lowest BCUT2D eigenvalue weighted by Gasteiger charge is -1.96. The summed E-state index contributed by atoms with van der Waals surface area (Å²) in [7, 11) is 0. The number of furan rings is 1. The number of aromatic nitrogens is 2. The first kappa shape index (κ1) is 8.19. The molecule has 0 amide bonds. The number of nitrogens with zero attached hydrogens (tertiary/aromatic N) is 2. The fourth-order valence-corrected chi connectivity index (χ4v) is 1.63. The first-order chi connectivity index (χ1) is 7.40. The van der Waals surface area contributed by atoms with Crippen LogP contribution in [0.5, 0.6) is 0 Å². The summed E-state index contributed by atoms with van der Waals surface area (Å²) in [6.45, 7) is 0. The lowest BCUT2D eigenvalue weighted by atomic mass is 10.2. The van der Waals surface area contributed by atoms with Gasteiger partial charge in [0.25, 0.3) is 0 Å². The summed E-state index contributed by atoms with van der Waals surface area (Å²) in [6, 6.07) is 7.69. The summed E-state index contributed by atoms with van der Waals surface area (Å²) in [4.78, 5) is 8.16. The topological polar surface area (TPSA) is 77.0 Å². The number of para-hydroxylation sites is 1. The molecule has 74 valence electrons. The Morgan fingerprint density at radius 2 is 2.07 bits per heavy atom. The van der Waals surface area contributed by atoms with Gasteiger partial charge in [0.05, 0.1) is 0 Å². The monoisotopic (exact) mass is 200 g/mol. The van der Waals surface area contributed by atoms with Crippen molar-refractivity contribution in [3.63, 3.8) is 0 Å². The average molecular weight is 200 g/mol. The van der Waals surface area contributed by atoms with Crippen LogP contribution in [0, 0.1) is 0 Å². The molecule has 0 aliphatic carbocycles. The van der Waals surface area contributed by atoms with Gasteiger partial charge in [-0.05, 0) is 12.1 Å². The van der Waals surface area contributed by atoms with Crippen LogP contribution in [0.3, 0.4) is 0 Å². The van der Waals surface area contributed by atoms with Crippen molar-refractivity contribution in [3.8, 4) is 0 Å². The number of anilines is 1. The Balaban J connectivity index is 2.53. The second kappa shape index (κ2) is 2.93. The first-order valence-corrected chi connectivity index (χ1v) is 4.49. The Kier molecular flexibility index (Phi) is 1.60. The molecule has 15 heavy (non-hydrogen) atoms. The normalized spacial score (nSPS) is 11.0. The van der Waals surface area contributed by atoms with E-state index in [-0.39, 0.29) is 0 Å². The number of rotatable bonds is 1. The van der Waals surface area contributed by atoms with Gasteiger partial charge in [-0.1, -0.05) is 12.1 Å². The predicted molar refractivity (Wildman–Crippen MR) is 57.1 cm³/mol. The van der Waals surface area contributed by atoms with Crippen molar-refractivity contribution in [1.29, 1.82) is 0 Å². The van der Waals surface area contributed by atoms with E-state index in [1.54, 1.807) is 0 Å². The van der Waals surface area contributed by atoms with Gasteiger partial charge in [-0.15, -0.1) is 0 Å². The molecule has 2 aromatic heterocycles. The molecule has 0 aliphatic heterocycles. The fourth-order valence-electron chi connectivity index (χ4n) is 1.63.